The maximum atomic E-state index is 13.4. The largest absolute Gasteiger partial charge is 0.497 e. The summed E-state index contributed by atoms with van der Waals surface area (Å²) in [5, 5.41) is 2.81. The summed E-state index contributed by atoms with van der Waals surface area (Å²) in [6.07, 6.45) is 1.82. The number of ether oxygens (including phenoxy) is 1. The zero-order valence-corrected chi connectivity index (χ0v) is 20.7. The molecular formula is C24H33N3O5S. The second-order valence-electron chi connectivity index (χ2n) is 7.95. The Morgan fingerprint density at radius 2 is 1.79 bits per heavy atom. The molecule has 8 nitrogen and oxygen atoms in total. The number of anilines is 1. The first-order valence-corrected chi connectivity index (χ1v) is 12.7. The zero-order valence-electron chi connectivity index (χ0n) is 19.9. The van der Waals surface area contributed by atoms with Gasteiger partial charge >= 0.3 is 0 Å². The third-order valence-corrected chi connectivity index (χ3v) is 6.33. The highest BCUT2D eigenvalue weighted by Crippen LogP contribution is 2.22. The summed E-state index contributed by atoms with van der Waals surface area (Å²) >= 11 is 0. The van der Waals surface area contributed by atoms with Crippen LogP contribution in [-0.2, 0) is 26.2 Å². The number of sulfonamides is 1. The van der Waals surface area contributed by atoms with E-state index in [0.717, 1.165) is 28.1 Å². The van der Waals surface area contributed by atoms with Gasteiger partial charge in [0.25, 0.3) is 0 Å². The molecule has 0 saturated carbocycles. The lowest BCUT2D eigenvalue weighted by molar-refractivity contribution is -0.139. The van der Waals surface area contributed by atoms with Crippen LogP contribution >= 0.6 is 0 Å². The number of nitrogens with one attached hydrogen (secondary N) is 1. The van der Waals surface area contributed by atoms with E-state index in [1.54, 1.807) is 31.2 Å². The Kier molecular flexibility index (Phi) is 9.28. The van der Waals surface area contributed by atoms with E-state index in [2.05, 4.69) is 5.32 Å². The van der Waals surface area contributed by atoms with Crippen LogP contribution in [-0.4, -0.2) is 57.6 Å². The van der Waals surface area contributed by atoms with Crippen molar-refractivity contribution in [1.82, 2.24) is 10.2 Å². The molecule has 0 spiro atoms. The van der Waals surface area contributed by atoms with Crippen molar-refractivity contribution in [2.45, 2.75) is 39.8 Å². The first-order chi connectivity index (χ1) is 15.6. The zero-order chi connectivity index (χ0) is 24.6. The molecular weight excluding hydrogens is 442 g/mol. The van der Waals surface area contributed by atoms with E-state index in [1.165, 1.54) is 12.0 Å². The Morgan fingerprint density at radius 1 is 1.12 bits per heavy atom. The van der Waals surface area contributed by atoms with Crippen LogP contribution in [0.5, 0.6) is 5.75 Å². The van der Waals surface area contributed by atoms with Crippen LogP contribution < -0.4 is 14.4 Å². The second-order valence-corrected chi connectivity index (χ2v) is 9.85. The second kappa shape index (κ2) is 11.7. The molecule has 0 saturated heterocycles. The van der Waals surface area contributed by atoms with Crippen LogP contribution in [0.1, 0.15) is 31.4 Å². The number of rotatable bonds is 11. The van der Waals surface area contributed by atoms with Crippen molar-refractivity contribution in [2.75, 3.05) is 30.8 Å². The number of carbonyl (C=O) groups is 2. The van der Waals surface area contributed by atoms with Crippen LogP contribution in [0.3, 0.4) is 0 Å². The molecule has 0 radical (unpaired) electrons. The molecule has 0 heterocycles. The molecule has 2 rings (SSSR count). The maximum absolute atomic E-state index is 13.4. The Hall–Kier alpha value is -3.07. The van der Waals surface area contributed by atoms with Gasteiger partial charge in [-0.25, -0.2) is 8.42 Å². The summed E-state index contributed by atoms with van der Waals surface area (Å²) in [6.45, 7) is 5.79. The molecule has 0 aliphatic heterocycles. The van der Waals surface area contributed by atoms with Crippen molar-refractivity contribution in [1.29, 1.82) is 0 Å². The Balaban J connectivity index is 2.36. The summed E-state index contributed by atoms with van der Waals surface area (Å²) in [5.74, 6) is -0.189. The van der Waals surface area contributed by atoms with Crippen molar-refractivity contribution in [3.63, 3.8) is 0 Å². The first kappa shape index (κ1) is 26.2. The lowest BCUT2D eigenvalue weighted by Crippen LogP contribution is -2.51. The molecule has 2 amide bonds. The topological polar surface area (TPSA) is 96.0 Å². The van der Waals surface area contributed by atoms with Gasteiger partial charge in [-0.1, -0.05) is 36.8 Å². The lowest BCUT2D eigenvalue weighted by atomic mass is 10.1. The van der Waals surface area contributed by atoms with Crippen molar-refractivity contribution in [3.8, 4) is 5.75 Å². The molecule has 0 unspecified atom stereocenters. The van der Waals surface area contributed by atoms with Gasteiger partial charge in [0.1, 0.15) is 18.3 Å². The smallest absolute Gasteiger partial charge is 0.244 e. The molecule has 0 aliphatic rings. The van der Waals surface area contributed by atoms with Crippen molar-refractivity contribution in [2.24, 2.45) is 0 Å². The molecule has 2 aromatic rings. The number of carbonyl (C=O) groups excluding carboxylic acids is 2. The molecule has 180 valence electrons. The Morgan fingerprint density at radius 3 is 2.33 bits per heavy atom. The van der Waals surface area contributed by atoms with Gasteiger partial charge in [-0.05, 0) is 50.1 Å². The van der Waals surface area contributed by atoms with Crippen LogP contribution in [0.4, 0.5) is 5.69 Å². The van der Waals surface area contributed by atoms with E-state index in [4.69, 9.17) is 4.74 Å². The molecule has 9 heteroatoms. The minimum Gasteiger partial charge on any atom is -0.497 e. The molecule has 0 aromatic heterocycles. The van der Waals surface area contributed by atoms with Crippen molar-refractivity contribution >= 4 is 27.5 Å². The van der Waals surface area contributed by atoms with Gasteiger partial charge in [0, 0.05) is 13.1 Å². The van der Waals surface area contributed by atoms with Gasteiger partial charge in [0.2, 0.25) is 21.8 Å². The summed E-state index contributed by atoms with van der Waals surface area (Å²) in [7, 11) is -2.25. The summed E-state index contributed by atoms with van der Waals surface area (Å²) in [4.78, 5) is 27.5. The molecule has 0 bridgehead atoms. The molecule has 1 atom stereocenters. The van der Waals surface area contributed by atoms with Gasteiger partial charge in [0.15, 0.2) is 0 Å². The normalized spacial score (nSPS) is 12.0. The third kappa shape index (κ3) is 7.49. The molecule has 0 aliphatic carbocycles. The third-order valence-electron chi connectivity index (χ3n) is 5.19. The Bertz CT molecular complexity index is 1050. The number of amides is 2. The Labute approximate surface area is 196 Å². The lowest BCUT2D eigenvalue weighted by Gasteiger charge is -2.31. The fraction of sp³-hybridized carbons (Fsp3) is 0.417. The fourth-order valence-corrected chi connectivity index (χ4v) is 4.20. The van der Waals surface area contributed by atoms with Gasteiger partial charge in [-0.2, -0.15) is 0 Å². The number of benzene rings is 2. The van der Waals surface area contributed by atoms with E-state index in [0.29, 0.717) is 18.0 Å². The highest BCUT2D eigenvalue weighted by atomic mass is 32.2. The SMILES string of the molecule is CCCNC(=O)[C@H](C)N(Cc1cccc(C)c1)C(=O)CN(c1ccc(OC)cc1)S(C)(=O)=O. The van der Waals surface area contributed by atoms with Crippen LogP contribution in [0.15, 0.2) is 48.5 Å². The van der Waals surface area contributed by atoms with E-state index in [9.17, 15) is 18.0 Å². The predicted molar refractivity (Wildman–Crippen MR) is 130 cm³/mol. The van der Waals surface area contributed by atoms with E-state index in [1.807, 2.05) is 38.1 Å². The van der Waals surface area contributed by atoms with Crippen molar-refractivity contribution in [3.05, 3.63) is 59.7 Å². The molecule has 1 N–H and O–H groups in total. The van der Waals surface area contributed by atoms with Gasteiger partial charge in [-0.3, -0.25) is 13.9 Å². The minimum atomic E-state index is -3.76. The van der Waals surface area contributed by atoms with E-state index >= 15 is 0 Å². The number of nitrogens with zero attached hydrogens (tertiary/aromatic N) is 2. The fourth-order valence-electron chi connectivity index (χ4n) is 3.35. The average molecular weight is 476 g/mol. The molecule has 33 heavy (non-hydrogen) atoms. The van der Waals surface area contributed by atoms with Crippen LogP contribution in [0.25, 0.3) is 0 Å². The van der Waals surface area contributed by atoms with E-state index in [-0.39, 0.29) is 12.5 Å². The van der Waals surface area contributed by atoms with Gasteiger partial charge in [0.05, 0.1) is 19.1 Å². The number of hydrogen-bond acceptors (Lipinski definition) is 5. The van der Waals surface area contributed by atoms with Crippen LogP contribution in [0, 0.1) is 6.92 Å². The highest BCUT2D eigenvalue weighted by molar-refractivity contribution is 7.92. The van der Waals surface area contributed by atoms with Crippen molar-refractivity contribution < 1.29 is 22.7 Å². The average Bonchev–Trinajstić information content (AvgIpc) is 2.78. The molecule has 0 fully saturated rings. The summed E-state index contributed by atoms with van der Waals surface area (Å²) in [5.41, 5.74) is 2.22. The number of methoxy groups -OCH3 is 1. The van der Waals surface area contributed by atoms with E-state index < -0.39 is 28.5 Å². The van der Waals surface area contributed by atoms with Gasteiger partial charge < -0.3 is 15.0 Å². The highest BCUT2D eigenvalue weighted by Gasteiger charge is 2.30. The number of hydrogen-bond donors (Lipinski definition) is 1. The molecule has 2 aromatic carbocycles. The standard InChI is InChI=1S/C24H33N3O5S/c1-6-14-25-24(29)19(3)26(16-20-9-7-8-18(2)15-20)23(28)17-27(33(5,30)31)21-10-12-22(32-4)13-11-21/h7-13,15,19H,6,14,16-17H2,1-5H3,(H,25,29)/t19-/m0/s1. The monoisotopic (exact) mass is 475 g/mol. The minimum absolute atomic E-state index is 0.182. The number of aryl methyl sites for hydroxylation is 1. The van der Waals surface area contributed by atoms with Gasteiger partial charge in [-0.15, -0.1) is 0 Å². The van der Waals surface area contributed by atoms with Crippen LogP contribution in [0.2, 0.25) is 0 Å². The summed E-state index contributed by atoms with van der Waals surface area (Å²) < 4.78 is 31.2. The summed E-state index contributed by atoms with van der Waals surface area (Å²) in [6, 6.07) is 13.3. The maximum Gasteiger partial charge on any atom is 0.244 e. The quantitative estimate of drug-likeness (QED) is 0.539. The first-order valence-electron chi connectivity index (χ1n) is 10.8. The predicted octanol–water partition coefficient (Wildman–Crippen LogP) is 2.71.